The lowest BCUT2D eigenvalue weighted by atomic mass is 10.1. The second-order valence-electron chi connectivity index (χ2n) is 7.02. The molecule has 2 aliphatic heterocycles. The van der Waals surface area contributed by atoms with Crippen molar-refractivity contribution >= 4 is 40.2 Å². The van der Waals surface area contributed by atoms with Crippen LogP contribution in [0.3, 0.4) is 0 Å². The standard InChI is InChI=1S/C21H21N5O3S/c1-2-28-21(27)16(20-25-13-7-3-4-8-14(13)30-20)17-18-19(23-11-22-17)26(12-24-18)15-9-5-6-10-29-15/h3-4,7-8,11-12,15,25H,2,5-6,9-10H2,1H3/b20-16+. The van der Waals surface area contributed by atoms with Crippen molar-refractivity contribution in [2.45, 2.75) is 37.3 Å². The van der Waals surface area contributed by atoms with Crippen LogP contribution in [0.1, 0.15) is 38.1 Å². The van der Waals surface area contributed by atoms with Gasteiger partial charge in [-0.25, -0.2) is 19.7 Å². The summed E-state index contributed by atoms with van der Waals surface area (Å²) in [7, 11) is 0. The number of ether oxygens (including phenoxy) is 2. The van der Waals surface area contributed by atoms with Crippen molar-refractivity contribution in [1.82, 2.24) is 19.5 Å². The van der Waals surface area contributed by atoms with E-state index in [0.29, 0.717) is 27.5 Å². The first-order chi connectivity index (χ1) is 14.8. The minimum Gasteiger partial charge on any atom is -0.462 e. The van der Waals surface area contributed by atoms with Crippen LogP contribution in [0.4, 0.5) is 5.69 Å². The van der Waals surface area contributed by atoms with E-state index in [0.717, 1.165) is 36.5 Å². The number of carbonyl (C=O) groups is 1. The number of carbonyl (C=O) groups excluding carboxylic acids is 1. The quantitative estimate of drug-likeness (QED) is 0.498. The SMILES string of the molecule is CCOC(=O)/C(=C1\Nc2ccccc2S1)c1ncnc2c1ncn2C1CCCCO1. The molecule has 1 unspecified atom stereocenters. The summed E-state index contributed by atoms with van der Waals surface area (Å²) in [6.45, 7) is 2.78. The molecule has 9 heteroatoms. The van der Waals surface area contributed by atoms with E-state index in [4.69, 9.17) is 9.47 Å². The molecule has 1 saturated heterocycles. The van der Waals surface area contributed by atoms with Crippen LogP contribution < -0.4 is 5.32 Å². The molecule has 1 atom stereocenters. The summed E-state index contributed by atoms with van der Waals surface area (Å²) in [6.07, 6.45) is 6.14. The van der Waals surface area contributed by atoms with E-state index in [1.54, 1.807) is 13.3 Å². The maximum Gasteiger partial charge on any atom is 0.343 e. The van der Waals surface area contributed by atoms with Gasteiger partial charge in [-0.1, -0.05) is 23.9 Å². The molecule has 0 spiro atoms. The number of aromatic nitrogens is 4. The molecule has 1 aromatic carbocycles. The first-order valence-corrected chi connectivity index (χ1v) is 10.8. The number of thioether (sulfide) groups is 1. The third-order valence-corrected chi connectivity index (χ3v) is 6.20. The number of nitrogens with zero attached hydrogens (tertiary/aromatic N) is 4. The Labute approximate surface area is 177 Å². The van der Waals surface area contributed by atoms with Gasteiger partial charge in [0, 0.05) is 11.5 Å². The number of rotatable bonds is 4. The molecule has 2 aromatic heterocycles. The van der Waals surface area contributed by atoms with Crippen molar-refractivity contribution in [3.63, 3.8) is 0 Å². The number of nitrogens with one attached hydrogen (secondary N) is 1. The molecule has 154 valence electrons. The van der Waals surface area contributed by atoms with E-state index in [1.165, 1.54) is 18.1 Å². The molecule has 5 rings (SSSR count). The van der Waals surface area contributed by atoms with Gasteiger partial charge in [0.2, 0.25) is 0 Å². The van der Waals surface area contributed by atoms with Gasteiger partial charge in [-0.2, -0.15) is 0 Å². The van der Waals surface area contributed by atoms with Crippen LogP contribution in [-0.2, 0) is 14.3 Å². The van der Waals surface area contributed by atoms with Crippen LogP contribution in [0.15, 0.2) is 46.8 Å². The van der Waals surface area contributed by atoms with E-state index >= 15 is 0 Å². The Kier molecular flexibility index (Phi) is 5.14. The van der Waals surface area contributed by atoms with Gasteiger partial charge in [0.15, 0.2) is 5.65 Å². The van der Waals surface area contributed by atoms with Gasteiger partial charge in [-0.3, -0.25) is 4.57 Å². The third-order valence-electron chi connectivity index (χ3n) is 5.12. The zero-order valence-electron chi connectivity index (χ0n) is 16.5. The molecular weight excluding hydrogens is 402 g/mol. The van der Waals surface area contributed by atoms with E-state index in [9.17, 15) is 4.79 Å². The number of fused-ring (bicyclic) bond motifs is 2. The molecular formula is C21H21N5O3S. The number of hydrogen-bond donors (Lipinski definition) is 1. The highest BCUT2D eigenvalue weighted by molar-refractivity contribution is 8.04. The summed E-state index contributed by atoms with van der Waals surface area (Å²) in [5, 5.41) is 4.01. The second-order valence-corrected chi connectivity index (χ2v) is 8.07. The highest BCUT2D eigenvalue weighted by atomic mass is 32.2. The number of benzene rings is 1. The van der Waals surface area contributed by atoms with Crippen molar-refractivity contribution < 1.29 is 14.3 Å². The number of anilines is 1. The van der Waals surface area contributed by atoms with Gasteiger partial charge in [0.25, 0.3) is 0 Å². The number of hydrogen-bond acceptors (Lipinski definition) is 8. The predicted octanol–water partition coefficient (Wildman–Crippen LogP) is 3.97. The summed E-state index contributed by atoms with van der Waals surface area (Å²) in [5.74, 6) is -0.441. The topological polar surface area (TPSA) is 91.2 Å². The normalized spacial score (nSPS) is 20.0. The lowest BCUT2D eigenvalue weighted by Gasteiger charge is -2.23. The molecule has 0 radical (unpaired) electrons. The Morgan fingerprint density at radius 1 is 1.30 bits per heavy atom. The molecule has 4 heterocycles. The van der Waals surface area contributed by atoms with Crippen LogP contribution >= 0.6 is 11.8 Å². The molecule has 0 saturated carbocycles. The summed E-state index contributed by atoms with van der Waals surface area (Å²) in [6, 6.07) is 7.90. The molecule has 3 aromatic rings. The minimum absolute atomic E-state index is 0.103. The largest absolute Gasteiger partial charge is 0.462 e. The van der Waals surface area contributed by atoms with Crippen LogP contribution in [0.5, 0.6) is 0 Å². The lowest BCUT2D eigenvalue weighted by molar-refractivity contribution is -0.136. The highest BCUT2D eigenvalue weighted by Crippen LogP contribution is 2.44. The maximum atomic E-state index is 13.0. The summed E-state index contributed by atoms with van der Waals surface area (Å²) < 4.78 is 13.2. The Morgan fingerprint density at radius 2 is 2.20 bits per heavy atom. The van der Waals surface area contributed by atoms with Gasteiger partial charge in [-0.05, 0) is 38.3 Å². The van der Waals surface area contributed by atoms with Crippen molar-refractivity contribution in [2.24, 2.45) is 0 Å². The fourth-order valence-corrected chi connectivity index (χ4v) is 4.76. The van der Waals surface area contributed by atoms with E-state index in [-0.39, 0.29) is 12.8 Å². The Hall–Kier alpha value is -2.91. The van der Waals surface area contributed by atoms with Crippen LogP contribution in [0, 0.1) is 0 Å². The first kappa shape index (κ1) is 19.1. The van der Waals surface area contributed by atoms with Crippen molar-refractivity contribution in [1.29, 1.82) is 0 Å². The average Bonchev–Trinajstić information content (AvgIpc) is 3.39. The van der Waals surface area contributed by atoms with Crippen LogP contribution in [0.2, 0.25) is 0 Å². The molecule has 30 heavy (non-hydrogen) atoms. The monoisotopic (exact) mass is 423 g/mol. The van der Waals surface area contributed by atoms with Crippen molar-refractivity contribution in [3.05, 3.63) is 47.6 Å². The number of imidazole rings is 1. The molecule has 2 aliphatic rings. The van der Waals surface area contributed by atoms with Gasteiger partial charge >= 0.3 is 5.97 Å². The minimum atomic E-state index is -0.441. The summed E-state index contributed by atoms with van der Waals surface area (Å²) >= 11 is 1.48. The Balaban J connectivity index is 1.63. The van der Waals surface area contributed by atoms with Crippen LogP contribution in [-0.4, -0.2) is 38.7 Å². The third kappa shape index (κ3) is 3.33. The number of esters is 1. The fourth-order valence-electron chi connectivity index (χ4n) is 3.72. The van der Waals surface area contributed by atoms with Crippen molar-refractivity contribution in [2.75, 3.05) is 18.5 Å². The highest BCUT2D eigenvalue weighted by Gasteiger charge is 2.29. The molecule has 1 fully saturated rings. The molecule has 8 nitrogen and oxygen atoms in total. The first-order valence-electron chi connectivity index (χ1n) is 10.0. The predicted molar refractivity (Wildman–Crippen MR) is 114 cm³/mol. The second kappa shape index (κ2) is 8.08. The van der Waals surface area contributed by atoms with E-state index in [1.807, 2.05) is 28.8 Å². The summed E-state index contributed by atoms with van der Waals surface area (Å²) in [4.78, 5) is 27.5. The smallest absolute Gasteiger partial charge is 0.343 e. The molecule has 0 amide bonds. The van der Waals surface area contributed by atoms with Crippen LogP contribution in [0.25, 0.3) is 16.7 Å². The molecule has 0 aliphatic carbocycles. The van der Waals surface area contributed by atoms with Crippen molar-refractivity contribution in [3.8, 4) is 0 Å². The zero-order valence-corrected chi connectivity index (χ0v) is 17.3. The molecule has 0 bridgehead atoms. The Bertz CT molecular complexity index is 1110. The Morgan fingerprint density at radius 3 is 3.00 bits per heavy atom. The summed E-state index contributed by atoms with van der Waals surface area (Å²) in [5.41, 5.74) is 2.97. The van der Waals surface area contributed by atoms with E-state index in [2.05, 4.69) is 20.3 Å². The fraction of sp³-hybridized carbons (Fsp3) is 0.333. The van der Waals surface area contributed by atoms with Gasteiger partial charge < -0.3 is 14.8 Å². The van der Waals surface area contributed by atoms with Gasteiger partial charge in [-0.15, -0.1) is 0 Å². The lowest BCUT2D eigenvalue weighted by Crippen LogP contribution is -2.18. The van der Waals surface area contributed by atoms with E-state index < -0.39 is 5.97 Å². The average molecular weight is 423 g/mol. The number of para-hydroxylation sites is 1. The maximum absolute atomic E-state index is 13.0. The van der Waals surface area contributed by atoms with Gasteiger partial charge in [0.05, 0.1) is 23.7 Å². The van der Waals surface area contributed by atoms with Gasteiger partial charge in [0.1, 0.15) is 29.3 Å². The molecule has 1 N–H and O–H groups in total. The zero-order chi connectivity index (χ0) is 20.5.